The van der Waals surface area contributed by atoms with E-state index in [2.05, 4.69) is 54.6 Å². The van der Waals surface area contributed by atoms with Crippen LogP contribution in [0.5, 0.6) is 5.75 Å². The van der Waals surface area contributed by atoms with E-state index in [4.69, 9.17) is 14.2 Å². The molecular weight excluding hydrogens is 493 g/mol. The van der Waals surface area contributed by atoms with Gasteiger partial charge in [-0.25, -0.2) is 0 Å². The van der Waals surface area contributed by atoms with E-state index >= 15 is 0 Å². The molecule has 0 saturated carbocycles. The van der Waals surface area contributed by atoms with Gasteiger partial charge in [0, 0.05) is 45.5 Å². The number of hydrogen-bond acceptors (Lipinski definition) is 4. The molecule has 2 rings (SSSR count). The molecular formula is C23H40IN3O3. The molecule has 0 radical (unpaired) electrons. The molecule has 1 aliphatic heterocycles. The van der Waals surface area contributed by atoms with Gasteiger partial charge in [-0.3, -0.25) is 4.99 Å². The molecule has 0 unspecified atom stereocenters. The molecule has 1 aromatic carbocycles. The van der Waals surface area contributed by atoms with Crippen LogP contribution in [0.1, 0.15) is 50.7 Å². The molecule has 0 atom stereocenters. The maximum atomic E-state index is 6.04. The Labute approximate surface area is 199 Å². The van der Waals surface area contributed by atoms with Crippen LogP contribution in [0, 0.1) is 12.8 Å². The van der Waals surface area contributed by atoms with Gasteiger partial charge in [0.25, 0.3) is 0 Å². The number of guanidine groups is 1. The minimum Gasteiger partial charge on any atom is -0.493 e. The molecule has 0 amide bonds. The Hall–Kier alpha value is -1.06. The molecule has 30 heavy (non-hydrogen) atoms. The van der Waals surface area contributed by atoms with Crippen molar-refractivity contribution in [3.8, 4) is 5.75 Å². The average molecular weight is 533 g/mol. The summed E-state index contributed by atoms with van der Waals surface area (Å²) in [6.07, 6.45) is 4.38. The number of ether oxygens (including phenoxy) is 3. The molecule has 0 bridgehead atoms. The smallest absolute Gasteiger partial charge is 0.191 e. The van der Waals surface area contributed by atoms with Gasteiger partial charge in [-0.1, -0.05) is 26.0 Å². The first-order valence-corrected chi connectivity index (χ1v) is 10.9. The first kappa shape index (κ1) is 27.0. The Kier molecular flexibility index (Phi) is 14.1. The zero-order valence-corrected chi connectivity index (χ0v) is 21.4. The minimum absolute atomic E-state index is 0. The SMILES string of the molecule is CN=C(NCCCOC1CCOCC1)NCc1ccc(C)cc1OCCC(C)C.I. The molecule has 6 nitrogen and oxygen atoms in total. The molecule has 0 aliphatic carbocycles. The highest BCUT2D eigenvalue weighted by molar-refractivity contribution is 14.0. The summed E-state index contributed by atoms with van der Waals surface area (Å²) < 4.78 is 17.3. The van der Waals surface area contributed by atoms with Crippen molar-refractivity contribution in [2.45, 2.75) is 59.1 Å². The summed E-state index contributed by atoms with van der Waals surface area (Å²) in [5.74, 6) is 2.39. The Bertz CT molecular complexity index is 620. The van der Waals surface area contributed by atoms with E-state index in [9.17, 15) is 0 Å². The van der Waals surface area contributed by atoms with Gasteiger partial charge in [-0.05, 0) is 50.2 Å². The zero-order valence-electron chi connectivity index (χ0n) is 19.0. The third kappa shape index (κ3) is 10.8. The van der Waals surface area contributed by atoms with Gasteiger partial charge in [-0.15, -0.1) is 24.0 Å². The van der Waals surface area contributed by atoms with Crippen molar-refractivity contribution >= 4 is 29.9 Å². The predicted octanol–water partition coefficient (Wildman–Crippen LogP) is 4.29. The number of nitrogens with zero attached hydrogens (tertiary/aromatic N) is 1. The van der Waals surface area contributed by atoms with Crippen LogP contribution >= 0.6 is 24.0 Å². The summed E-state index contributed by atoms with van der Waals surface area (Å²) >= 11 is 0. The zero-order chi connectivity index (χ0) is 20.9. The molecule has 1 aromatic rings. The number of benzene rings is 1. The van der Waals surface area contributed by atoms with Crippen molar-refractivity contribution in [2.75, 3.05) is 40.0 Å². The standard InChI is InChI=1S/C23H39N3O3.HI/c1-18(2)8-15-29-22-16-19(3)6-7-20(22)17-26-23(24-4)25-11-5-12-28-21-9-13-27-14-10-21;/h6-7,16,18,21H,5,8-15,17H2,1-4H3,(H2,24,25,26);1H. The predicted molar refractivity (Wildman–Crippen MR) is 134 cm³/mol. The van der Waals surface area contributed by atoms with Gasteiger partial charge in [0.1, 0.15) is 5.75 Å². The van der Waals surface area contributed by atoms with Crippen molar-refractivity contribution in [3.63, 3.8) is 0 Å². The van der Waals surface area contributed by atoms with E-state index in [0.717, 1.165) is 75.9 Å². The normalized spacial score (nSPS) is 15.0. The largest absolute Gasteiger partial charge is 0.493 e. The second kappa shape index (κ2) is 15.7. The van der Waals surface area contributed by atoms with E-state index in [-0.39, 0.29) is 24.0 Å². The molecule has 1 heterocycles. The quantitative estimate of drug-likeness (QED) is 0.192. The van der Waals surface area contributed by atoms with Crippen LogP contribution in [0.15, 0.2) is 23.2 Å². The summed E-state index contributed by atoms with van der Waals surface area (Å²) in [4.78, 5) is 4.32. The van der Waals surface area contributed by atoms with Crippen molar-refractivity contribution in [1.29, 1.82) is 0 Å². The highest BCUT2D eigenvalue weighted by Crippen LogP contribution is 2.21. The summed E-state index contributed by atoms with van der Waals surface area (Å²) in [5.41, 5.74) is 2.35. The highest BCUT2D eigenvalue weighted by Gasteiger charge is 2.13. The van der Waals surface area contributed by atoms with Gasteiger partial charge in [0.2, 0.25) is 0 Å². The Morgan fingerprint density at radius 3 is 2.67 bits per heavy atom. The minimum atomic E-state index is 0. The monoisotopic (exact) mass is 533 g/mol. The number of rotatable bonds is 11. The van der Waals surface area contributed by atoms with Crippen LogP contribution in [0.4, 0.5) is 0 Å². The van der Waals surface area contributed by atoms with Crippen molar-refractivity contribution in [1.82, 2.24) is 10.6 Å². The molecule has 0 spiro atoms. The topological polar surface area (TPSA) is 64.1 Å². The van der Waals surface area contributed by atoms with Gasteiger partial charge in [0.15, 0.2) is 5.96 Å². The molecule has 1 aliphatic rings. The van der Waals surface area contributed by atoms with Crippen LogP contribution in [-0.4, -0.2) is 52.1 Å². The first-order valence-electron chi connectivity index (χ1n) is 10.9. The van der Waals surface area contributed by atoms with Crippen LogP contribution in [0.2, 0.25) is 0 Å². The van der Waals surface area contributed by atoms with Gasteiger partial charge in [-0.2, -0.15) is 0 Å². The molecule has 1 fully saturated rings. The van der Waals surface area contributed by atoms with Crippen molar-refractivity contribution < 1.29 is 14.2 Å². The number of hydrogen-bond donors (Lipinski definition) is 2. The Morgan fingerprint density at radius 2 is 1.97 bits per heavy atom. The third-order valence-corrected chi connectivity index (χ3v) is 4.98. The fourth-order valence-corrected chi connectivity index (χ4v) is 3.12. The van der Waals surface area contributed by atoms with E-state index in [1.54, 1.807) is 7.05 Å². The maximum Gasteiger partial charge on any atom is 0.191 e. The lowest BCUT2D eigenvalue weighted by Gasteiger charge is -2.22. The van der Waals surface area contributed by atoms with E-state index in [1.165, 1.54) is 5.56 Å². The van der Waals surface area contributed by atoms with E-state index in [1.807, 2.05) is 0 Å². The second-order valence-electron chi connectivity index (χ2n) is 8.03. The first-order chi connectivity index (χ1) is 14.1. The second-order valence-corrected chi connectivity index (χ2v) is 8.03. The number of halogens is 1. The van der Waals surface area contributed by atoms with E-state index < -0.39 is 0 Å². The highest BCUT2D eigenvalue weighted by atomic mass is 127. The van der Waals surface area contributed by atoms with Crippen LogP contribution < -0.4 is 15.4 Å². The van der Waals surface area contributed by atoms with Gasteiger partial charge < -0.3 is 24.8 Å². The van der Waals surface area contributed by atoms with Crippen LogP contribution in [-0.2, 0) is 16.0 Å². The molecule has 1 saturated heterocycles. The molecule has 0 aromatic heterocycles. The lowest BCUT2D eigenvalue weighted by molar-refractivity contribution is -0.0320. The van der Waals surface area contributed by atoms with Crippen molar-refractivity contribution in [3.05, 3.63) is 29.3 Å². The Morgan fingerprint density at radius 1 is 1.20 bits per heavy atom. The van der Waals surface area contributed by atoms with Gasteiger partial charge in [0.05, 0.1) is 12.7 Å². The number of aryl methyl sites for hydroxylation is 1. The summed E-state index contributed by atoms with van der Waals surface area (Å²) in [7, 11) is 1.79. The van der Waals surface area contributed by atoms with Gasteiger partial charge >= 0.3 is 0 Å². The summed E-state index contributed by atoms with van der Waals surface area (Å²) in [6, 6.07) is 6.36. The summed E-state index contributed by atoms with van der Waals surface area (Å²) in [6.45, 7) is 11.2. The van der Waals surface area contributed by atoms with E-state index in [0.29, 0.717) is 18.6 Å². The lowest BCUT2D eigenvalue weighted by Crippen LogP contribution is -2.37. The number of aliphatic imine (C=N–C) groups is 1. The fourth-order valence-electron chi connectivity index (χ4n) is 3.12. The molecule has 7 heteroatoms. The molecule has 2 N–H and O–H groups in total. The maximum absolute atomic E-state index is 6.04. The lowest BCUT2D eigenvalue weighted by atomic mass is 10.1. The third-order valence-electron chi connectivity index (χ3n) is 4.98. The van der Waals surface area contributed by atoms with Crippen LogP contribution in [0.25, 0.3) is 0 Å². The molecule has 172 valence electrons. The fraction of sp³-hybridized carbons (Fsp3) is 0.696. The summed E-state index contributed by atoms with van der Waals surface area (Å²) in [5, 5.41) is 6.75. The average Bonchev–Trinajstić information content (AvgIpc) is 2.71. The number of nitrogens with one attached hydrogen (secondary N) is 2. The Balaban J connectivity index is 0.00000450. The van der Waals surface area contributed by atoms with Crippen molar-refractivity contribution in [2.24, 2.45) is 10.9 Å². The van der Waals surface area contributed by atoms with Crippen LogP contribution in [0.3, 0.4) is 0 Å².